The molecule has 0 bridgehead atoms. The molecule has 1 aliphatic rings. The van der Waals surface area contributed by atoms with Gasteiger partial charge in [-0.15, -0.1) is 0 Å². The zero-order chi connectivity index (χ0) is 22.1. The topological polar surface area (TPSA) is 136 Å². The third-order valence-corrected chi connectivity index (χ3v) is 4.88. The van der Waals surface area contributed by atoms with Crippen LogP contribution in [0.3, 0.4) is 0 Å². The summed E-state index contributed by atoms with van der Waals surface area (Å²) >= 11 is 0. The van der Waals surface area contributed by atoms with Crippen LogP contribution in [0, 0.1) is 12.3 Å². The molecular weight excluding hydrogens is 388 g/mol. The van der Waals surface area contributed by atoms with Gasteiger partial charge in [-0.05, 0) is 30.9 Å². The second-order valence-corrected chi connectivity index (χ2v) is 7.90. The van der Waals surface area contributed by atoms with Crippen LogP contribution < -0.4 is 16.5 Å². The minimum absolute atomic E-state index is 0.115. The number of ether oxygens (including phenoxy) is 1. The van der Waals surface area contributed by atoms with E-state index in [1.54, 1.807) is 31.2 Å². The van der Waals surface area contributed by atoms with Crippen molar-refractivity contribution in [1.82, 2.24) is 5.43 Å². The number of carbonyl (C=O) groups is 3. The van der Waals surface area contributed by atoms with Gasteiger partial charge in [0.25, 0.3) is 5.91 Å². The van der Waals surface area contributed by atoms with Crippen LogP contribution in [0.5, 0.6) is 0 Å². The van der Waals surface area contributed by atoms with E-state index in [1.165, 1.54) is 7.11 Å². The Morgan fingerprint density at radius 1 is 1.20 bits per heavy atom. The summed E-state index contributed by atoms with van der Waals surface area (Å²) in [6.45, 7) is 5.83. The molecule has 0 saturated heterocycles. The lowest BCUT2D eigenvalue weighted by atomic mass is 9.75. The number of anilines is 1. The molecule has 30 heavy (non-hydrogen) atoms. The molecule has 0 atom stereocenters. The van der Waals surface area contributed by atoms with Crippen LogP contribution in [0.15, 0.2) is 33.8 Å². The van der Waals surface area contributed by atoms with Crippen molar-refractivity contribution in [2.45, 2.75) is 33.6 Å². The van der Waals surface area contributed by atoms with E-state index in [0.29, 0.717) is 41.1 Å². The number of methoxy groups -OCH3 is 1. The van der Waals surface area contributed by atoms with Gasteiger partial charge in [0.1, 0.15) is 5.76 Å². The van der Waals surface area contributed by atoms with Gasteiger partial charge in [0.15, 0.2) is 5.76 Å². The molecule has 3 rings (SSSR count). The summed E-state index contributed by atoms with van der Waals surface area (Å²) in [5.74, 6) is -0.336. The largest absolute Gasteiger partial charge is 0.465 e. The number of nitrogens with zero attached hydrogens (tertiary/aromatic N) is 1. The molecule has 4 N–H and O–H groups in total. The van der Waals surface area contributed by atoms with Crippen LogP contribution in [0.2, 0.25) is 0 Å². The fourth-order valence-corrected chi connectivity index (χ4v) is 3.61. The second kappa shape index (κ2) is 8.02. The van der Waals surface area contributed by atoms with Gasteiger partial charge in [-0.2, -0.15) is 5.10 Å². The fourth-order valence-electron chi connectivity index (χ4n) is 3.61. The first-order valence-corrected chi connectivity index (χ1v) is 9.36. The smallest absolute Gasteiger partial charge is 0.339 e. The number of primary amides is 1. The number of para-hydroxylation sites is 1. The van der Waals surface area contributed by atoms with Crippen molar-refractivity contribution in [3.05, 3.63) is 52.5 Å². The van der Waals surface area contributed by atoms with Gasteiger partial charge in [0, 0.05) is 17.5 Å². The summed E-state index contributed by atoms with van der Waals surface area (Å²) in [4.78, 5) is 36.0. The number of nitrogens with one attached hydrogen (secondary N) is 2. The summed E-state index contributed by atoms with van der Waals surface area (Å²) in [6, 6.07) is 5.77. The van der Waals surface area contributed by atoms with Crippen molar-refractivity contribution in [1.29, 1.82) is 0 Å². The summed E-state index contributed by atoms with van der Waals surface area (Å²) in [7, 11) is 1.27. The molecule has 1 heterocycles. The van der Waals surface area contributed by atoms with E-state index in [4.69, 9.17) is 14.9 Å². The van der Waals surface area contributed by atoms with E-state index in [9.17, 15) is 14.4 Å². The quantitative estimate of drug-likeness (QED) is 0.524. The Morgan fingerprint density at radius 2 is 1.90 bits per heavy atom. The Labute approximate surface area is 173 Å². The number of esters is 1. The number of nitrogens with two attached hydrogens (primary N) is 1. The van der Waals surface area contributed by atoms with E-state index in [-0.39, 0.29) is 16.7 Å². The first kappa shape index (κ1) is 21.1. The Kier molecular flexibility index (Phi) is 5.64. The Hall–Kier alpha value is -3.62. The van der Waals surface area contributed by atoms with Crippen molar-refractivity contribution >= 4 is 29.3 Å². The van der Waals surface area contributed by atoms with Gasteiger partial charge in [-0.1, -0.05) is 26.0 Å². The van der Waals surface area contributed by atoms with E-state index in [2.05, 4.69) is 15.8 Å². The summed E-state index contributed by atoms with van der Waals surface area (Å²) in [5, 5.41) is 6.84. The first-order chi connectivity index (χ1) is 14.1. The number of urea groups is 1. The number of fused-ring (bicyclic) bond motifs is 1. The minimum atomic E-state index is -0.772. The molecule has 9 heteroatoms. The molecule has 2 aromatic rings. The number of hydrazone groups is 1. The number of amides is 3. The third-order valence-electron chi connectivity index (χ3n) is 4.88. The van der Waals surface area contributed by atoms with E-state index in [0.717, 1.165) is 0 Å². The zero-order valence-corrected chi connectivity index (χ0v) is 17.3. The average Bonchev–Trinajstić information content (AvgIpc) is 3.01. The molecule has 1 aliphatic carbocycles. The van der Waals surface area contributed by atoms with E-state index in [1.807, 2.05) is 13.8 Å². The Morgan fingerprint density at radius 3 is 2.57 bits per heavy atom. The van der Waals surface area contributed by atoms with Crippen LogP contribution >= 0.6 is 0 Å². The van der Waals surface area contributed by atoms with Crippen LogP contribution in [0.25, 0.3) is 0 Å². The molecule has 0 saturated carbocycles. The number of carbonyl (C=O) groups excluding carboxylic acids is 3. The predicted octanol–water partition coefficient (Wildman–Crippen LogP) is 2.97. The predicted molar refractivity (Wildman–Crippen MR) is 111 cm³/mol. The van der Waals surface area contributed by atoms with E-state index >= 15 is 0 Å². The monoisotopic (exact) mass is 412 g/mol. The molecule has 158 valence electrons. The lowest BCUT2D eigenvalue weighted by Gasteiger charge is -2.29. The molecule has 0 radical (unpaired) electrons. The minimum Gasteiger partial charge on any atom is -0.465 e. The van der Waals surface area contributed by atoms with Crippen molar-refractivity contribution in [3.8, 4) is 0 Å². The van der Waals surface area contributed by atoms with Gasteiger partial charge in [-0.25, -0.2) is 15.0 Å². The first-order valence-electron chi connectivity index (χ1n) is 9.36. The summed E-state index contributed by atoms with van der Waals surface area (Å²) in [6.07, 6.45) is 1.18. The number of hydrogen-bond donors (Lipinski definition) is 3. The van der Waals surface area contributed by atoms with Gasteiger partial charge >= 0.3 is 12.0 Å². The molecule has 0 unspecified atom stereocenters. The van der Waals surface area contributed by atoms with Crippen molar-refractivity contribution in [2.75, 3.05) is 12.4 Å². The molecular formula is C21H24N4O5. The van der Waals surface area contributed by atoms with Gasteiger partial charge < -0.3 is 20.2 Å². The second-order valence-electron chi connectivity index (χ2n) is 7.90. The lowest BCUT2D eigenvalue weighted by molar-refractivity contribution is 0.0602. The lowest BCUT2D eigenvalue weighted by Crippen LogP contribution is -2.31. The third kappa shape index (κ3) is 4.19. The van der Waals surface area contributed by atoms with Crippen molar-refractivity contribution < 1.29 is 23.5 Å². The highest BCUT2D eigenvalue weighted by Crippen LogP contribution is 2.39. The Balaban J connectivity index is 1.98. The molecule has 1 aromatic carbocycles. The standard InChI is InChI=1S/C21H24N4O5/c1-11-16-14(24-25-20(22)28)9-21(2,3)10-15(16)30-17(11)18(26)23-13-8-6-5-7-12(13)19(27)29-4/h5-8H,9-10H2,1-4H3,(H,23,26)(H3,22,25,28)/b24-14-. The Bertz CT molecular complexity index is 1050. The normalized spacial score (nSPS) is 15.9. The number of hydrogen-bond acceptors (Lipinski definition) is 6. The number of benzene rings is 1. The highest BCUT2D eigenvalue weighted by atomic mass is 16.5. The summed E-state index contributed by atoms with van der Waals surface area (Å²) in [5.41, 5.74) is 9.64. The SMILES string of the molecule is COC(=O)c1ccccc1NC(=O)c1oc2c(c1C)/C(=N\NC(N)=O)CC(C)(C)C2. The van der Waals surface area contributed by atoms with Crippen molar-refractivity contribution in [3.63, 3.8) is 0 Å². The van der Waals surface area contributed by atoms with Crippen molar-refractivity contribution in [2.24, 2.45) is 16.3 Å². The van der Waals surface area contributed by atoms with E-state index < -0.39 is 17.9 Å². The molecule has 3 amide bonds. The maximum atomic E-state index is 13.0. The maximum absolute atomic E-state index is 13.0. The fraction of sp³-hybridized carbons (Fsp3) is 0.333. The zero-order valence-electron chi connectivity index (χ0n) is 17.3. The average molecular weight is 412 g/mol. The van der Waals surface area contributed by atoms with Gasteiger partial charge in [0.2, 0.25) is 0 Å². The maximum Gasteiger partial charge on any atom is 0.339 e. The molecule has 0 spiro atoms. The van der Waals surface area contributed by atoms with Gasteiger partial charge in [-0.3, -0.25) is 4.79 Å². The van der Waals surface area contributed by atoms with Crippen LogP contribution in [-0.2, 0) is 11.2 Å². The highest BCUT2D eigenvalue weighted by Gasteiger charge is 2.36. The molecule has 1 aromatic heterocycles. The number of furan rings is 1. The molecule has 0 aliphatic heterocycles. The molecule has 0 fully saturated rings. The van der Waals surface area contributed by atoms with Crippen LogP contribution in [0.1, 0.15) is 58.1 Å². The molecule has 9 nitrogen and oxygen atoms in total. The summed E-state index contributed by atoms with van der Waals surface area (Å²) < 4.78 is 10.7. The van der Waals surface area contributed by atoms with Gasteiger partial charge in [0.05, 0.1) is 24.1 Å². The van der Waals surface area contributed by atoms with Crippen LogP contribution in [-0.4, -0.2) is 30.7 Å². The van der Waals surface area contributed by atoms with Crippen LogP contribution in [0.4, 0.5) is 10.5 Å². The highest BCUT2D eigenvalue weighted by molar-refractivity contribution is 6.11. The number of rotatable bonds is 4.